The number of piperidine rings is 1. The monoisotopic (exact) mass is 375 g/mol. The predicted octanol–water partition coefficient (Wildman–Crippen LogP) is 5.19. The average molecular weight is 376 g/mol. The highest BCUT2D eigenvalue weighted by atomic mass is 32.2. The minimum atomic E-state index is -0.671. The van der Waals surface area contributed by atoms with Gasteiger partial charge in [-0.3, -0.25) is 0 Å². The van der Waals surface area contributed by atoms with Crippen molar-refractivity contribution in [1.82, 2.24) is 4.90 Å². The lowest BCUT2D eigenvalue weighted by molar-refractivity contribution is -0.129. The van der Waals surface area contributed by atoms with E-state index in [2.05, 4.69) is 78.7 Å². The second-order valence-corrected chi connectivity index (χ2v) is 9.09. The van der Waals surface area contributed by atoms with E-state index in [1.165, 1.54) is 27.7 Å². The van der Waals surface area contributed by atoms with Gasteiger partial charge in [0.15, 0.2) is 0 Å². The Labute approximate surface area is 165 Å². The third kappa shape index (κ3) is 2.98. The summed E-state index contributed by atoms with van der Waals surface area (Å²) in [5, 5.41) is 14.1. The van der Waals surface area contributed by atoms with Gasteiger partial charge in [-0.15, -0.1) is 11.8 Å². The number of hydrogen-bond donors (Lipinski definition) is 1. The number of rotatable bonds is 4. The van der Waals surface area contributed by atoms with Gasteiger partial charge in [-0.1, -0.05) is 60.7 Å². The molecule has 1 aliphatic carbocycles. The lowest BCUT2D eigenvalue weighted by Crippen LogP contribution is -2.63. The van der Waals surface area contributed by atoms with Crippen LogP contribution in [0, 0.1) is 0 Å². The number of thioether (sulfide) groups is 1. The van der Waals surface area contributed by atoms with Crippen LogP contribution in [0.3, 0.4) is 0 Å². The summed E-state index contributed by atoms with van der Waals surface area (Å²) in [6, 6.07) is 24.6. The quantitative estimate of drug-likeness (QED) is 0.635. The second kappa shape index (κ2) is 6.66. The van der Waals surface area contributed by atoms with Crippen molar-refractivity contribution >= 4 is 22.5 Å². The summed E-state index contributed by atoms with van der Waals surface area (Å²) in [7, 11) is 2.20. The highest BCUT2D eigenvalue weighted by molar-refractivity contribution is 7.98. The number of hydrogen-bond acceptors (Lipinski definition) is 3. The molecule has 2 bridgehead atoms. The first kappa shape index (κ1) is 17.3. The van der Waals surface area contributed by atoms with Crippen LogP contribution in [0.2, 0.25) is 0 Å². The second-order valence-electron chi connectivity index (χ2n) is 8.07. The smallest absolute Gasteiger partial charge is 0.0929 e. The van der Waals surface area contributed by atoms with Gasteiger partial charge < -0.3 is 10.0 Å². The number of aliphatic hydroxyl groups is 1. The Bertz CT molecular complexity index is 968. The lowest BCUT2D eigenvalue weighted by atomic mass is 9.68. The Kier molecular flexibility index (Phi) is 4.27. The number of nitrogens with zero attached hydrogens (tertiary/aromatic N) is 1. The first-order chi connectivity index (χ1) is 13.1. The fourth-order valence-corrected chi connectivity index (χ4v) is 6.00. The predicted molar refractivity (Wildman–Crippen MR) is 113 cm³/mol. The van der Waals surface area contributed by atoms with Gasteiger partial charge >= 0.3 is 0 Å². The van der Waals surface area contributed by atoms with E-state index in [9.17, 15) is 5.11 Å². The van der Waals surface area contributed by atoms with Crippen molar-refractivity contribution in [2.24, 2.45) is 0 Å². The molecule has 3 aliphatic rings. The summed E-state index contributed by atoms with van der Waals surface area (Å²) in [5.41, 5.74) is 1.73. The molecule has 2 unspecified atom stereocenters. The molecule has 138 valence electrons. The first-order valence-corrected chi connectivity index (χ1v) is 10.8. The van der Waals surface area contributed by atoms with Crippen molar-refractivity contribution < 1.29 is 5.11 Å². The topological polar surface area (TPSA) is 23.5 Å². The molecule has 0 amide bonds. The zero-order valence-electron chi connectivity index (χ0n) is 15.6. The molecule has 2 aliphatic heterocycles. The maximum atomic E-state index is 11.5. The number of fused-ring (bicyclic) bond motifs is 3. The summed E-state index contributed by atoms with van der Waals surface area (Å²) in [6.07, 6.45) is 2.96. The molecule has 2 nitrogen and oxygen atoms in total. The van der Waals surface area contributed by atoms with E-state index in [0.29, 0.717) is 12.1 Å². The molecule has 0 aromatic heterocycles. The Morgan fingerprint density at radius 2 is 1.67 bits per heavy atom. The third-order valence-electron chi connectivity index (χ3n) is 6.49. The highest BCUT2D eigenvalue weighted by Crippen LogP contribution is 2.48. The summed E-state index contributed by atoms with van der Waals surface area (Å²) >= 11 is 1.87. The average Bonchev–Trinajstić information content (AvgIpc) is 2.72. The van der Waals surface area contributed by atoms with Crippen LogP contribution in [0.1, 0.15) is 30.4 Å². The molecule has 2 atom stereocenters. The summed E-state index contributed by atoms with van der Waals surface area (Å²) in [4.78, 5) is 3.74. The Morgan fingerprint density at radius 3 is 2.48 bits per heavy atom. The Balaban J connectivity index is 1.42. The molecular weight excluding hydrogens is 350 g/mol. The summed E-state index contributed by atoms with van der Waals surface area (Å²) in [5.74, 6) is 0.887. The van der Waals surface area contributed by atoms with Crippen LogP contribution in [0.15, 0.2) is 71.6 Å². The SMILES string of the molecule is CN1C2CC1CC(O)(c1ccccc1CSc1cccc3ccccc13)C2. The first-order valence-electron chi connectivity index (χ1n) is 9.77. The molecule has 1 saturated carbocycles. The van der Waals surface area contributed by atoms with E-state index in [0.717, 1.165) is 24.2 Å². The van der Waals surface area contributed by atoms with Gasteiger partial charge in [0, 0.05) is 22.7 Å². The molecule has 3 fully saturated rings. The van der Waals surface area contributed by atoms with Crippen molar-refractivity contribution in [3.8, 4) is 0 Å². The molecule has 0 spiro atoms. The fraction of sp³-hybridized carbons (Fsp3) is 0.333. The van der Waals surface area contributed by atoms with E-state index >= 15 is 0 Å². The van der Waals surface area contributed by atoms with Crippen molar-refractivity contribution in [3.05, 3.63) is 77.9 Å². The van der Waals surface area contributed by atoms with E-state index in [4.69, 9.17) is 0 Å². The molecular formula is C24H25NOS. The number of benzene rings is 3. The molecule has 1 N–H and O–H groups in total. The molecule has 3 aromatic rings. The zero-order chi connectivity index (χ0) is 18.4. The third-order valence-corrected chi connectivity index (χ3v) is 7.62. The van der Waals surface area contributed by atoms with Gasteiger partial charge in [0.05, 0.1) is 5.60 Å². The van der Waals surface area contributed by atoms with E-state index < -0.39 is 5.60 Å². The van der Waals surface area contributed by atoms with Crippen LogP contribution < -0.4 is 0 Å². The standard InChI is InChI=1S/C24H25NOS/c1-25-19-13-20(25)15-24(26,14-19)22-11-5-3-8-18(22)16-27-23-12-6-9-17-7-2-4-10-21(17)23/h2-12,19-20,26H,13-16H2,1H3. The van der Waals surface area contributed by atoms with Gasteiger partial charge in [-0.2, -0.15) is 0 Å². The molecule has 3 aromatic carbocycles. The van der Waals surface area contributed by atoms with Gasteiger partial charge in [0.2, 0.25) is 0 Å². The minimum absolute atomic E-state index is 0.535. The normalized spacial score (nSPS) is 27.5. The largest absolute Gasteiger partial charge is 0.385 e. The summed E-state index contributed by atoms with van der Waals surface area (Å²) < 4.78 is 0. The van der Waals surface area contributed by atoms with Gasteiger partial charge in [-0.05, 0) is 54.3 Å². The van der Waals surface area contributed by atoms with Crippen LogP contribution in [-0.2, 0) is 11.4 Å². The Morgan fingerprint density at radius 1 is 0.963 bits per heavy atom. The maximum absolute atomic E-state index is 11.5. The van der Waals surface area contributed by atoms with Gasteiger partial charge in [0.1, 0.15) is 0 Å². The molecule has 2 saturated heterocycles. The van der Waals surface area contributed by atoms with Crippen molar-refractivity contribution in [2.75, 3.05) is 7.05 Å². The fourth-order valence-electron chi connectivity index (χ4n) is 4.92. The van der Waals surface area contributed by atoms with Crippen molar-refractivity contribution in [3.63, 3.8) is 0 Å². The van der Waals surface area contributed by atoms with Crippen LogP contribution in [0.25, 0.3) is 10.8 Å². The Hall–Kier alpha value is -1.81. The summed E-state index contributed by atoms with van der Waals surface area (Å²) in [6.45, 7) is 0. The molecule has 27 heavy (non-hydrogen) atoms. The maximum Gasteiger partial charge on any atom is 0.0929 e. The van der Waals surface area contributed by atoms with E-state index in [-0.39, 0.29) is 0 Å². The molecule has 6 rings (SSSR count). The lowest BCUT2D eigenvalue weighted by Gasteiger charge is -2.57. The van der Waals surface area contributed by atoms with E-state index in [1.807, 2.05) is 11.8 Å². The zero-order valence-corrected chi connectivity index (χ0v) is 16.5. The molecule has 2 heterocycles. The van der Waals surface area contributed by atoms with Crippen LogP contribution >= 0.6 is 11.8 Å². The van der Waals surface area contributed by atoms with Crippen LogP contribution in [0.5, 0.6) is 0 Å². The van der Waals surface area contributed by atoms with Crippen molar-refractivity contribution in [2.45, 2.75) is 47.6 Å². The minimum Gasteiger partial charge on any atom is -0.385 e. The van der Waals surface area contributed by atoms with Gasteiger partial charge in [0.25, 0.3) is 0 Å². The van der Waals surface area contributed by atoms with Gasteiger partial charge in [-0.25, -0.2) is 0 Å². The van der Waals surface area contributed by atoms with Crippen molar-refractivity contribution in [1.29, 1.82) is 0 Å². The molecule has 3 heteroatoms. The van der Waals surface area contributed by atoms with E-state index in [1.54, 1.807) is 0 Å². The van der Waals surface area contributed by atoms with Crippen LogP contribution in [-0.4, -0.2) is 29.1 Å². The highest BCUT2D eigenvalue weighted by Gasteiger charge is 2.50. The molecule has 0 radical (unpaired) electrons. The van der Waals surface area contributed by atoms with Crippen LogP contribution in [0.4, 0.5) is 0 Å².